The van der Waals surface area contributed by atoms with Crippen LogP contribution in [-0.4, -0.2) is 43.1 Å². The van der Waals surface area contributed by atoms with Crippen molar-refractivity contribution in [3.05, 3.63) is 63.6 Å². The molecule has 0 aromatic heterocycles. The number of benzene rings is 2. The van der Waals surface area contributed by atoms with Gasteiger partial charge in [0.2, 0.25) is 0 Å². The first-order chi connectivity index (χ1) is 14.7. The Morgan fingerprint density at radius 2 is 2.07 bits per heavy atom. The summed E-state index contributed by atoms with van der Waals surface area (Å²) in [6.07, 6.45) is 4.30. The van der Waals surface area contributed by atoms with E-state index < -0.39 is 0 Å². The van der Waals surface area contributed by atoms with E-state index in [1.807, 2.05) is 42.5 Å². The summed E-state index contributed by atoms with van der Waals surface area (Å²) >= 11 is 3.39. The zero-order valence-corrected chi connectivity index (χ0v) is 18.5. The molecule has 2 unspecified atom stereocenters. The monoisotopic (exact) mass is 467 g/mol. The zero-order chi connectivity index (χ0) is 20.9. The molecule has 30 heavy (non-hydrogen) atoms. The SMILES string of the molecule is N#Cc1ccc2c(c1)C1CCCN(CCCCNC(=O)c3ccc(Br)cc3)C1CO2. The zero-order valence-electron chi connectivity index (χ0n) is 16.9. The number of carbonyl (C=O) groups is 1. The van der Waals surface area contributed by atoms with Crippen LogP contribution < -0.4 is 10.1 Å². The third-order valence-corrected chi connectivity index (χ3v) is 6.63. The molecule has 1 fully saturated rings. The highest BCUT2D eigenvalue weighted by molar-refractivity contribution is 9.10. The number of halogens is 1. The van der Waals surface area contributed by atoms with E-state index >= 15 is 0 Å². The number of piperidine rings is 1. The molecule has 5 nitrogen and oxygen atoms in total. The van der Waals surface area contributed by atoms with Gasteiger partial charge in [-0.25, -0.2) is 0 Å². The third kappa shape index (κ3) is 4.69. The Hall–Kier alpha value is -2.36. The number of ether oxygens (including phenoxy) is 1. The first kappa shape index (κ1) is 20.9. The third-order valence-electron chi connectivity index (χ3n) is 6.11. The van der Waals surface area contributed by atoms with Gasteiger partial charge in [-0.3, -0.25) is 9.69 Å². The van der Waals surface area contributed by atoms with E-state index in [2.05, 4.69) is 32.2 Å². The number of hydrogen-bond donors (Lipinski definition) is 1. The Morgan fingerprint density at radius 3 is 2.87 bits per heavy atom. The molecule has 6 heteroatoms. The van der Waals surface area contributed by atoms with E-state index in [4.69, 9.17) is 4.74 Å². The minimum Gasteiger partial charge on any atom is -0.492 e. The minimum atomic E-state index is -0.0221. The Labute approximate surface area is 186 Å². The lowest BCUT2D eigenvalue weighted by Gasteiger charge is -2.44. The molecule has 0 bridgehead atoms. The minimum absolute atomic E-state index is 0.0221. The van der Waals surface area contributed by atoms with Crippen molar-refractivity contribution in [1.82, 2.24) is 10.2 Å². The molecule has 2 aromatic rings. The number of hydrogen-bond acceptors (Lipinski definition) is 4. The summed E-state index contributed by atoms with van der Waals surface area (Å²) in [7, 11) is 0. The van der Waals surface area contributed by atoms with Gasteiger partial charge >= 0.3 is 0 Å². The van der Waals surface area contributed by atoms with Gasteiger partial charge in [-0.05, 0) is 81.2 Å². The van der Waals surface area contributed by atoms with Crippen molar-refractivity contribution >= 4 is 21.8 Å². The van der Waals surface area contributed by atoms with Gasteiger partial charge in [0.1, 0.15) is 12.4 Å². The van der Waals surface area contributed by atoms with E-state index in [1.54, 1.807) is 0 Å². The van der Waals surface area contributed by atoms with Crippen LogP contribution in [0.1, 0.15) is 53.1 Å². The van der Waals surface area contributed by atoms with Crippen LogP contribution in [0.15, 0.2) is 46.9 Å². The smallest absolute Gasteiger partial charge is 0.251 e. The fourth-order valence-electron chi connectivity index (χ4n) is 4.55. The molecule has 0 saturated carbocycles. The Balaban J connectivity index is 1.27. The fourth-order valence-corrected chi connectivity index (χ4v) is 4.81. The molecule has 2 aliphatic rings. The number of rotatable bonds is 6. The molecule has 0 aliphatic carbocycles. The number of fused-ring (bicyclic) bond motifs is 3. The Morgan fingerprint density at radius 1 is 1.23 bits per heavy atom. The number of amides is 1. The number of likely N-dealkylation sites (tertiary alicyclic amines) is 1. The van der Waals surface area contributed by atoms with Crippen LogP contribution in [0, 0.1) is 11.3 Å². The molecule has 2 atom stereocenters. The second-order valence-corrected chi connectivity index (χ2v) is 8.91. The van der Waals surface area contributed by atoms with Crippen LogP contribution >= 0.6 is 15.9 Å². The molecule has 0 radical (unpaired) electrons. The van der Waals surface area contributed by atoms with Crippen molar-refractivity contribution < 1.29 is 9.53 Å². The van der Waals surface area contributed by atoms with Gasteiger partial charge in [0.25, 0.3) is 5.91 Å². The van der Waals surface area contributed by atoms with E-state index in [1.165, 1.54) is 5.56 Å². The van der Waals surface area contributed by atoms with E-state index in [0.717, 1.165) is 49.0 Å². The average molecular weight is 468 g/mol. The number of nitrogens with one attached hydrogen (secondary N) is 1. The van der Waals surface area contributed by atoms with Crippen molar-refractivity contribution in [3.63, 3.8) is 0 Å². The molecular formula is C24H26BrN3O2. The number of carbonyl (C=O) groups excluding carboxylic acids is 1. The standard InChI is InChI=1S/C24H26BrN3O2/c25-19-8-6-18(7-9-19)24(29)27-11-1-2-12-28-13-3-4-20-21-14-17(15-26)5-10-23(21)30-16-22(20)28/h5-10,14,20,22H,1-4,11-13,16H2,(H,27,29). The highest BCUT2D eigenvalue weighted by Crippen LogP contribution is 2.41. The molecule has 1 N–H and O–H groups in total. The van der Waals surface area contributed by atoms with Gasteiger partial charge in [0.15, 0.2) is 0 Å². The Bertz CT molecular complexity index is 938. The van der Waals surface area contributed by atoms with Crippen molar-refractivity contribution in [3.8, 4) is 11.8 Å². The molecule has 1 saturated heterocycles. The molecule has 4 rings (SSSR count). The second-order valence-electron chi connectivity index (χ2n) is 8.00. The van der Waals surface area contributed by atoms with Gasteiger partial charge in [0.05, 0.1) is 17.7 Å². The van der Waals surface area contributed by atoms with Crippen LogP contribution in [0.2, 0.25) is 0 Å². The normalized spacial score (nSPS) is 20.4. The fraction of sp³-hybridized carbons (Fsp3) is 0.417. The topological polar surface area (TPSA) is 65.4 Å². The maximum atomic E-state index is 12.2. The van der Waals surface area contributed by atoms with Crippen LogP contribution in [0.5, 0.6) is 5.75 Å². The first-order valence-electron chi connectivity index (χ1n) is 10.6. The average Bonchev–Trinajstić information content (AvgIpc) is 2.78. The van der Waals surface area contributed by atoms with Gasteiger partial charge in [-0.2, -0.15) is 5.26 Å². The molecule has 2 aromatic carbocycles. The van der Waals surface area contributed by atoms with Crippen LogP contribution in [0.3, 0.4) is 0 Å². The largest absolute Gasteiger partial charge is 0.492 e. The van der Waals surface area contributed by atoms with Crippen LogP contribution in [0.4, 0.5) is 0 Å². The van der Waals surface area contributed by atoms with E-state index in [0.29, 0.717) is 36.2 Å². The summed E-state index contributed by atoms with van der Waals surface area (Å²) in [5.74, 6) is 1.35. The molecule has 156 valence electrons. The van der Waals surface area contributed by atoms with Crippen molar-refractivity contribution in [2.24, 2.45) is 0 Å². The summed E-state index contributed by atoms with van der Waals surface area (Å²) in [6.45, 7) is 3.49. The quantitative estimate of drug-likeness (QED) is 0.636. The van der Waals surface area contributed by atoms with E-state index in [-0.39, 0.29) is 5.91 Å². The first-order valence-corrected chi connectivity index (χ1v) is 11.4. The maximum absolute atomic E-state index is 12.2. The van der Waals surface area contributed by atoms with Crippen LogP contribution in [0.25, 0.3) is 0 Å². The van der Waals surface area contributed by atoms with E-state index in [9.17, 15) is 10.1 Å². The number of unbranched alkanes of at least 4 members (excludes halogenated alkanes) is 1. The highest BCUT2D eigenvalue weighted by atomic mass is 79.9. The lowest BCUT2D eigenvalue weighted by molar-refractivity contribution is 0.0645. The van der Waals surface area contributed by atoms with Gasteiger partial charge < -0.3 is 10.1 Å². The highest BCUT2D eigenvalue weighted by Gasteiger charge is 2.37. The van der Waals surface area contributed by atoms with Gasteiger partial charge in [0, 0.05) is 28.1 Å². The summed E-state index contributed by atoms with van der Waals surface area (Å²) in [6, 6.07) is 15.8. The number of nitriles is 1. The summed E-state index contributed by atoms with van der Waals surface area (Å²) < 4.78 is 7.00. The molecule has 0 spiro atoms. The maximum Gasteiger partial charge on any atom is 0.251 e. The predicted octanol–water partition coefficient (Wildman–Crippen LogP) is 4.47. The van der Waals surface area contributed by atoms with Crippen molar-refractivity contribution in [1.29, 1.82) is 5.26 Å². The number of nitrogens with zero attached hydrogens (tertiary/aromatic N) is 2. The molecular weight excluding hydrogens is 442 g/mol. The molecule has 1 amide bonds. The predicted molar refractivity (Wildman–Crippen MR) is 120 cm³/mol. The van der Waals surface area contributed by atoms with Crippen LogP contribution in [-0.2, 0) is 0 Å². The summed E-state index contributed by atoms with van der Waals surface area (Å²) in [5, 5.41) is 12.3. The van der Waals surface area contributed by atoms with Crippen molar-refractivity contribution in [2.45, 2.75) is 37.6 Å². The second kappa shape index (κ2) is 9.63. The lowest BCUT2D eigenvalue weighted by atomic mass is 9.81. The summed E-state index contributed by atoms with van der Waals surface area (Å²) in [4.78, 5) is 14.7. The van der Waals surface area contributed by atoms with Gasteiger partial charge in [-0.1, -0.05) is 15.9 Å². The van der Waals surface area contributed by atoms with Crippen molar-refractivity contribution in [2.75, 3.05) is 26.2 Å². The Kier molecular flexibility index (Phi) is 6.71. The summed E-state index contributed by atoms with van der Waals surface area (Å²) in [5.41, 5.74) is 2.58. The molecule has 2 heterocycles. The lowest BCUT2D eigenvalue weighted by Crippen LogP contribution is -2.49. The molecule has 2 aliphatic heterocycles. The van der Waals surface area contributed by atoms with Gasteiger partial charge in [-0.15, -0.1) is 0 Å².